The molecule has 0 aliphatic heterocycles. The molecule has 0 amide bonds. The molecule has 0 aliphatic carbocycles. The maximum Gasteiger partial charge on any atom is 0.0453 e. The van der Waals surface area contributed by atoms with Crippen LogP contribution in [0.2, 0.25) is 5.02 Å². The molecule has 120 valence electrons. The van der Waals surface area contributed by atoms with Crippen LogP contribution in [0.5, 0.6) is 0 Å². The molecule has 2 atom stereocenters. The van der Waals surface area contributed by atoms with E-state index >= 15 is 0 Å². The van der Waals surface area contributed by atoms with Crippen LogP contribution in [-0.4, -0.2) is 30.1 Å². The minimum absolute atomic E-state index is 0.153. The summed E-state index contributed by atoms with van der Waals surface area (Å²) >= 11 is 6.35. The first-order chi connectivity index (χ1) is 9.76. The van der Waals surface area contributed by atoms with Crippen LogP contribution in [-0.2, 0) is 0 Å². The molecule has 0 radical (unpaired) electrons. The van der Waals surface area contributed by atoms with Crippen molar-refractivity contribution < 1.29 is 0 Å². The van der Waals surface area contributed by atoms with E-state index in [4.69, 9.17) is 11.6 Å². The van der Waals surface area contributed by atoms with E-state index in [-0.39, 0.29) is 5.54 Å². The van der Waals surface area contributed by atoms with Gasteiger partial charge in [-0.15, -0.1) is 0 Å². The molecule has 1 aromatic rings. The second-order valence-corrected chi connectivity index (χ2v) is 7.34. The fraction of sp³-hybridized carbons (Fsp3) is 0.667. The summed E-state index contributed by atoms with van der Waals surface area (Å²) in [6.07, 6.45) is 2.38. The smallest absolute Gasteiger partial charge is 0.0453 e. The topological polar surface area (TPSA) is 15.3 Å². The van der Waals surface area contributed by atoms with Gasteiger partial charge in [0, 0.05) is 29.2 Å². The summed E-state index contributed by atoms with van der Waals surface area (Å²) < 4.78 is 0. The Kier molecular flexibility index (Phi) is 7.19. The van der Waals surface area contributed by atoms with Gasteiger partial charge in [-0.2, -0.15) is 0 Å². The minimum atomic E-state index is 0.153. The largest absolute Gasteiger partial charge is 0.311 e. The van der Waals surface area contributed by atoms with Gasteiger partial charge in [-0.05, 0) is 52.8 Å². The number of nitrogens with one attached hydrogen (secondary N) is 1. The molecule has 1 rings (SSSR count). The van der Waals surface area contributed by atoms with Gasteiger partial charge < -0.3 is 5.32 Å². The summed E-state index contributed by atoms with van der Waals surface area (Å²) in [6, 6.07) is 8.99. The van der Waals surface area contributed by atoms with E-state index in [2.05, 4.69) is 64.0 Å². The second kappa shape index (κ2) is 8.17. The fourth-order valence-electron chi connectivity index (χ4n) is 2.56. The summed E-state index contributed by atoms with van der Waals surface area (Å²) in [4.78, 5) is 2.45. The summed E-state index contributed by atoms with van der Waals surface area (Å²) in [5.41, 5.74) is 1.36. The molecule has 0 fully saturated rings. The van der Waals surface area contributed by atoms with Gasteiger partial charge in [0.2, 0.25) is 0 Å². The maximum atomic E-state index is 6.35. The van der Waals surface area contributed by atoms with E-state index < -0.39 is 0 Å². The van der Waals surface area contributed by atoms with Crippen LogP contribution in [0.25, 0.3) is 0 Å². The molecule has 0 heterocycles. The number of hydrogen-bond acceptors (Lipinski definition) is 2. The Bertz CT molecular complexity index is 425. The van der Waals surface area contributed by atoms with Gasteiger partial charge in [-0.3, -0.25) is 4.90 Å². The van der Waals surface area contributed by atoms with E-state index in [9.17, 15) is 0 Å². The molecule has 0 bridgehead atoms. The molecule has 0 saturated heterocycles. The van der Waals surface area contributed by atoms with Crippen molar-refractivity contribution in [2.75, 3.05) is 13.6 Å². The first kappa shape index (κ1) is 18.5. The summed E-state index contributed by atoms with van der Waals surface area (Å²) in [5, 5.41) is 4.49. The third-order valence-electron chi connectivity index (χ3n) is 4.03. The molecule has 2 unspecified atom stereocenters. The Morgan fingerprint density at radius 1 is 1.24 bits per heavy atom. The third-order valence-corrected chi connectivity index (χ3v) is 4.38. The molecule has 0 aliphatic rings. The van der Waals surface area contributed by atoms with Crippen molar-refractivity contribution in [2.24, 2.45) is 0 Å². The van der Waals surface area contributed by atoms with Crippen molar-refractivity contribution in [1.29, 1.82) is 0 Å². The average Bonchev–Trinajstić information content (AvgIpc) is 2.41. The van der Waals surface area contributed by atoms with Gasteiger partial charge in [-0.1, -0.05) is 43.1 Å². The van der Waals surface area contributed by atoms with Gasteiger partial charge in [-0.25, -0.2) is 0 Å². The van der Waals surface area contributed by atoms with Gasteiger partial charge in [0.25, 0.3) is 0 Å². The van der Waals surface area contributed by atoms with Crippen molar-refractivity contribution in [2.45, 2.75) is 65.1 Å². The van der Waals surface area contributed by atoms with Crippen molar-refractivity contribution in [3.8, 4) is 0 Å². The van der Waals surface area contributed by atoms with Crippen LogP contribution in [0.15, 0.2) is 24.3 Å². The zero-order chi connectivity index (χ0) is 16.0. The number of hydrogen-bond donors (Lipinski definition) is 1. The molecule has 2 nitrogen and oxygen atoms in total. The lowest BCUT2D eigenvalue weighted by atomic mass is 10.0. The highest BCUT2D eigenvalue weighted by Crippen LogP contribution is 2.28. The summed E-state index contributed by atoms with van der Waals surface area (Å²) in [5.74, 6) is 0. The third kappa shape index (κ3) is 5.98. The van der Waals surface area contributed by atoms with Gasteiger partial charge in [0.15, 0.2) is 0 Å². The van der Waals surface area contributed by atoms with Crippen molar-refractivity contribution in [3.05, 3.63) is 34.9 Å². The predicted octanol–water partition coefficient (Wildman–Crippen LogP) is 4.89. The lowest BCUT2D eigenvalue weighted by Crippen LogP contribution is -2.47. The lowest BCUT2D eigenvalue weighted by molar-refractivity contribution is 0.162. The summed E-state index contributed by atoms with van der Waals surface area (Å²) in [6.45, 7) is 12.1. The zero-order valence-corrected chi connectivity index (χ0v) is 15.2. The minimum Gasteiger partial charge on any atom is -0.311 e. The Hall–Kier alpha value is -0.570. The van der Waals surface area contributed by atoms with E-state index in [1.165, 1.54) is 18.4 Å². The monoisotopic (exact) mass is 310 g/mol. The summed E-state index contributed by atoms with van der Waals surface area (Å²) in [7, 11) is 2.21. The average molecular weight is 311 g/mol. The number of rotatable bonds is 7. The van der Waals surface area contributed by atoms with Gasteiger partial charge in [0.1, 0.15) is 0 Å². The highest BCUT2D eigenvalue weighted by atomic mass is 35.5. The van der Waals surface area contributed by atoms with E-state index in [1.807, 2.05) is 12.1 Å². The Morgan fingerprint density at radius 3 is 2.38 bits per heavy atom. The van der Waals surface area contributed by atoms with Crippen LogP contribution >= 0.6 is 11.6 Å². The SMILES string of the molecule is CCCC(CNC(C)(C)C)N(C)C(C)c1ccccc1Cl. The quantitative estimate of drug-likeness (QED) is 0.771. The molecular formula is C18H31ClN2. The molecule has 0 saturated carbocycles. The van der Waals surface area contributed by atoms with Crippen LogP contribution in [0.1, 0.15) is 59.1 Å². The van der Waals surface area contributed by atoms with Gasteiger partial charge >= 0.3 is 0 Å². The van der Waals surface area contributed by atoms with Crippen LogP contribution < -0.4 is 5.32 Å². The van der Waals surface area contributed by atoms with Crippen molar-refractivity contribution >= 4 is 11.6 Å². The van der Waals surface area contributed by atoms with E-state index in [1.54, 1.807) is 0 Å². The molecule has 1 aromatic carbocycles. The lowest BCUT2D eigenvalue weighted by Gasteiger charge is -2.36. The number of nitrogens with zero attached hydrogens (tertiary/aromatic N) is 1. The number of likely N-dealkylation sites (N-methyl/N-ethyl adjacent to an activating group) is 1. The molecular weight excluding hydrogens is 280 g/mol. The fourth-order valence-corrected chi connectivity index (χ4v) is 2.85. The highest BCUT2D eigenvalue weighted by molar-refractivity contribution is 6.31. The molecule has 0 aromatic heterocycles. The van der Waals surface area contributed by atoms with Gasteiger partial charge in [0.05, 0.1) is 0 Å². The number of benzene rings is 1. The molecule has 1 N–H and O–H groups in total. The number of halogens is 1. The van der Waals surface area contributed by atoms with Crippen LogP contribution in [0.3, 0.4) is 0 Å². The Labute approximate surface area is 135 Å². The van der Waals surface area contributed by atoms with Crippen LogP contribution in [0, 0.1) is 0 Å². The second-order valence-electron chi connectivity index (χ2n) is 6.94. The predicted molar refractivity (Wildman–Crippen MR) is 94.1 cm³/mol. The zero-order valence-electron chi connectivity index (χ0n) is 14.4. The first-order valence-corrected chi connectivity index (χ1v) is 8.35. The van der Waals surface area contributed by atoms with E-state index in [0.717, 1.165) is 11.6 Å². The standard InChI is InChI=1S/C18H31ClN2/c1-7-10-15(13-20-18(3,4)5)21(6)14(2)16-11-8-9-12-17(16)19/h8-9,11-12,14-15,20H,7,10,13H2,1-6H3. The normalized spacial score (nSPS) is 15.2. The highest BCUT2D eigenvalue weighted by Gasteiger charge is 2.23. The van der Waals surface area contributed by atoms with Crippen LogP contribution in [0.4, 0.5) is 0 Å². The first-order valence-electron chi connectivity index (χ1n) is 7.97. The Balaban J connectivity index is 2.80. The van der Waals surface area contributed by atoms with Crippen molar-refractivity contribution in [1.82, 2.24) is 10.2 Å². The maximum absolute atomic E-state index is 6.35. The molecule has 21 heavy (non-hydrogen) atoms. The van der Waals surface area contributed by atoms with Crippen molar-refractivity contribution in [3.63, 3.8) is 0 Å². The Morgan fingerprint density at radius 2 is 1.86 bits per heavy atom. The van der Waals surface area contributed by atoms with E-state index in [0.29, 0.717) is 12.1 Å². The molecule has 3 heteroatoms. The molecule has 0 spiro atoms.